The average molecular weight is 501 g/mol. The van der Waals surface area contributed by atoms with Gasteiger partial charge in [-0.15, -0.1) is 0 Å². The number of Topliss-reactive ketones (excluding diaryl/α,β-unsaturated/α-hetero) is 1. The van der Waals surface area contributed by atoms with E-state index in [0.717, 1.165) is 16.5 Å². The summed E-state index contributed by atoms with van der Waals surface area (Å²) in [6, 6.07) is 19.7. The van der Waals surface area contributed by atoms with E-state index in [2.05, 4.69) is 4.98 Å². The summed E-state index contributed by atoms with van der Waals surface area (Å²) in [6.07, 6.45) is 1.63. The molecule has 0 saturated carbocycles. The van der Waals surface area contributed by atoms with Crippen molar-refractivity contribution < 1.29 is 28.6 Å². The molecular formula is C29H25FN2O5. The molecule has 1 fully saturated rings. The predicted molar refractivity (Wildman–Crippen MR) is 136 cm³/mol. The molecule has 3 aromatic carbocycles. The van der Waals surface area contributed by atoms with Gasteiger partial charge >= 0.3 is 0 Å². The molecule has 2 heterocycles. The smallest absolute Gasteiger partial charge is 0.295 e. The number of aromatic amines is 1. The van der Waals surface area contributed by atoms with E-state index in [1.54, 1.807) is 42.6 Å². The number of halogens is 1. The average Bonchev–Trinajstić information content (AvgIpc) is 3.46. The Morgan fingerprint density at radius 3 is 2.49 bits per heavy atom. The van der Waals surface area contributed by atoms with E-state index in [4.69, 9.17) is 9.47 Å². The number of benzene rings is 3. The Kier molecular flexibility index (Phi) is 6.74. The Hall–Kier alpha value is -4.43. The largest absolute Gasteiger partial charge is 0.507 e. The van der Waals surface area contributed by atoms with Gasteiger partial charge in [0.2, 0.25) is 0 Å². The number of carbonyl (C=O) groups excluding carboxylic acids is 2. The summed E-state index contributed by atoms with van der Waals surface area (Å²) in [7, 11) is 1.52. The van der Waals surface area contributed by atoms with Crippen LogP contribution in [-0.4, -0.2) is 46.9 Å². The summed E-state index contributed by atoms with van der Waals surface area (Å²) >= 11 is 0. The molecule has 0 bridgehead atoms. The summed E-state index contributed by atoms with van der Waals surface area (Å²) in [5.41, 5.74) is 2.73. The molecule has 1 aliphatic rings. The molecule has 4 aromatic rings. The van der Waals surface area contributed by atoms with Gasteiger partial charge in [0.05, 0.1) is 18.2 Å². The molecule has 2 N–H and O–H groups in total. The highest BCUT2D eigenvalue weighted by Gasteiger charge is 2.46. The van der Waals surface area contributed by atoms with Crippen molar-refractivity contribution in [3.8, 4) is 5.75 Å². The summed E-state index contributed by atoms with van der Waals surface area (Å²) in [6.45, 7) is 0.668. The molecule has 0 spiro atoms. The third-order valence-corrected chi connectivity index (χ3v) is 6.44. The van der Waals surface area contributed by atoms with Gasteiger partial charge in [0.15, 0.2) is 0 Å². The number of rotatable bonds is 8. The van der Waals surface area contributed by atoms with Crippen LogP contribution in [0, 0.1) is 5.82 Å². The molecule has 1 aromatic heterocycles. The van der Waals surface area contributed by atoms with E-state index < -0.39 is 17.7 Å². The number of hydrogen-bond acceptors (Lipinski definition) is 5. The second-order valence-electron chi connectivity index (χ2n) is 8.72. The first kappa shape index (κ1) is 24.3. The fraction of sp³-hybridized carbons (Fsp3) is 0.172. The third kappa shape index (κ3) is 4.71. The third-order valence-electron chi connectivity index (χ3n) is 6.44. The van der Waals surface area contributed by atoms with Crippen LogP contribution in [-0.2, 0) is 20.9 Å². The standard InChI is InChI=1S/C29H25FN2O5/c1-36-15-14-32-26(19-8-12-21(13-9-19)37-17-18-6-10-20(30)11-7-18)25(28(34)29(32)35)27(33)23-16-31-24-5-3-2-4-22(23)24/h2-13,16,26,31,33H,14-15,17H2,1H3/b27-25-. The van der Waals surface area contributed by atoms with E-state index in [0.29, 0.717) is 16.9 Å². The molecule has 1 saturated heterocycles. The normalized spacial score (nSPS) is 17.0. The van der Waals surface area contributed by atoms with Crippen LogP contribution < -0.4 is 4.74 Å². The van der Waals surface area contributed by atoms with Gasteiger partial charge in [0, 0.05) is 36.3 Å². The number of fused-ring (bicyclic) bond motifs is 1. The van der Waals surface area contributed by atoms with Gasteiger partial charge in [-0.1, -0.05) is 42.5 Å². The first-order chi connectivity index (χ1) is 18.0. The monoisotopic (exact) mass is 500 g/mol. The Morgan fingerprint density at radius 1 is 1.03 bits per heavy atom. The van der Waals surface area contributed by atoms with E-state index >= 15 is 0 Å². The number of likely N-dealkylation sites (tertiary alicyclic amines) is 1. The molecule has 0 aliphatic carbocycles. The summed E-state index contributed by atoms with van der Waals surface area (Å²) in [4.78, 5) is 30.7. The van der Waals surface area contributed by atoms with Crippen molar-refractivity contribution in [3.05, 3.63) is 107 Å². The summed E-state index contributed by atoms with van der Waals surface area (Å²) in [5, 5.41) is 12.1. The lowest BCUT2D eigenvalue weighted by molar-refractivity contribution is -0.140. The maximum atomic E-state index is 13.2. The number of hydrogen-bond donors (Lipinski definition) is 2. The SMILES string of the molecule is COCCN1C(=O)C(=O)/C(=C(\O)c2c[nH]c3ccccc23)C1c1ccc(OCc2ccc(F)cc2)cc1. The zero-order chi connectivity index (χ0) is 25.9. The number of carbonyl (C=O) groups is 2. The molecule has 7 nitrogen and oxygen atoms in total. The Balaban J connectivity index is 1.49. The molecule has 1 atom stereocenters. The Bertz CT molecular complexity index is 1470. The van der Waals surface area contributed by atoms with Crippen molar-refractivity contribution in [2.45, 2.75) is 12.6 Å². The van der Waals surface area contributed by atoms with Gasteiger partial charge in [-0.25, -0.2) is 4.39 Å². The summed E-state index contributed by atoms with van der Waals surface area (Å²) < 4.78 is 24.1. The highest BCUT2D eigenvalue weighted by atomic mass is 19.1. The number of aromatic nitrogens is 1. The van der Waals surface area contributed by atoms with Crippen LogP contribution in [0.15, 0.2) is 84.6 Å². The molecule has 1 unspecified atom stereocenters. The number of ketones is 1. The molecule has 0 radical (unpaired) electrons. The number of methoxy groups -OCH3 is 1. The first-order valence-electron chi connectivity index (χ1n) is 11.8. The quantitative estimate of drug-likeness (QED) is 0.203. The van der Waals surface area contributed by atoms with Crippen molar-refractivity contribution in [1.82, 2.24) is 9.88 Å². The molecule has 1 amide bonds. The van der Waals surface area contributed by atoms with Crippen molar-refractivity contribution in [1.29, 1.82) is 0 Å². The molecule has 5 rings (SSSR count). The van der Waals surface area contributed by atoms with Crippen LogP contribution in [0.5, 0.6) is 5.75 Å². The van der Waals surface area contributed by atoms with E-state index in [9.17, 15) is 19.1 Å². The molecule has 37 heavy (non-hydrogen) atoms. The van der Waals surface area contributed by atoms with Crippen molar-refractivity contribution >= 4 is 28.4 Å². The number of H-pyrrole nitrogens is 1. The predicted octanol–water partition coefficient (Wildman–Crippen LogP) is 4.95. The lowest BCUT2D eigenvalue weighted by Crippen LogP contribution is -2.32. The number of aliphatic hydroxyl groups is 1. The topological polar surface area (TPSA) is 91.9 Å². The number of nitrogens with one attached hydrogen (secondary N) is 1. The molecule has 1 aliphatic heterocycles. The lowest BCUT2D eigenvalue weighted by atomic mass is 9.95. The van der Waals surface area contributed by atoms with Crippen LogP contribution in [0.4, 0.5) is 4.39 Å². The minimum atomic E-state index is -0.796. The minimum absolute atomic E-state index is 0.0193. The highest BCUT2D eigenvalue weighted by molar-refractivity contribution is 6.46. The van der Waals surface area contributed by atoms with Gasteiger partial charge in [0.25, 0.3) is 11.7 Å². The van der Waals surface area contributed by atoms with Crippen LogP contribution in [0.2, 0.25) is 0 Å². The fourth-order valence-electron chi connectivity index (χ4n) is 4.55. The van der Waals surface area contributed by atoms with Gasteiger partial charge < -0.3 is 24.5 Å². The van der Waals surface area contributed by atoms with E-state index in [1.807, 2.05) is 24.3 Å². The van der Waals surface area contributed by atoms with Gasteiger partial charge in [0.1, 0.15) is 23.9 Å². The van der Waals surface area contributed by atoms with Crippen molar-refractivity contribution in [3.63, 3.8) is 0 Å². The number of amides is 1. The van der Waals surface area contributed by atoms with Crippen molar-refractivity contribution in [2.75, 3.05) is 20.3 Å². The maximum absolute atomic E-state index is 13.2. The van der Waals surface area contributed by atoms with Crippen LogP contribution in [0.1, 0.15) is 22.7 Å². The van der Waals surface area contributed by atoms with Crippen molar-refractivity contribution in [2.24, 2.45) is 0 Å². The number of aliphatic hydroxyl groups excluding tert-OH is 1. The number of para-hydroxylation sites is 1. The lowest BCUT2D eigenvalue weighted by Gasteiger charge is -2.25. The minimum Gasteiger partial charge on any atom is -0.507 e. The second kappa shape index (κ2) is 10.3. The molecular weight excluding hydrogens is 475 g/mol. The molecule has 188 valence electrons. The van der Waals surface area contributed by atoms with Crippen LogP contribution in [0.3, 0.4) is 0 Å². The Labute approximate surface area is 212 Å². The zero-order valence-electron chi connectivity index (χ0n) is 20.1. The number of nitrogens with zero attached hydrogens (tertiary/aromatic N) is 1. The highest BCUT2D eigenvalue weighted by Crippen LogP contribution is 2.40. The second-order valence-corrected chi connectivity index (χ2v) is 8.72. The van der Waals surface area contributed by atoms with Crippen LogP contribution >= 0.6 is 0 Å². The van der Waals surface area contributed by atoms with E-state index in [-0.39, 0.29) is 36.9 Å². The maximum Gasteiger partial charge on any atom is 0.295 e. The van der Waals surface area contributed by atoms with Crippen LogP contribution in [0.25, 0.3) is 16.7 Å². The number of ether oxygens (including phenoxy) is 2. The van der Waals surface area contributed by atoms with Gasteiger partial charge in [-0.05, 0) is 41.5 Å². The Morgan fingerprint density at radius 2 is 1.76 bits per heavy atom. The van der Waals surface area contributed by atoms with E-state index in [1.165, 1.54) is 24.1 Å². The summed E-state index contributed by atoms with van der Waals surface area (Å²) in [5.74, 6) is -1.43. The first-order valence-corrected chi connectivity index (χ1v) is 11.8. The fourth-order valence-corrected chi connectivity index (χ4v) is 4.55. The van der Waals surface area contributed by atoms with Gasteiger partial charge in [-0.2, -0.15) is 0 Å². The molecule has 8 heteroatoms. The van der Waals surface area contributed by atoms with Gasteiger partial charge in [-0.3, -0.25) is 9.59 Å². The zero-order valence-corrected chi connectivity index (χ0v) is 20.1.